The third-order valence-electron chi connectivity index (χ3n) is 3.90. The van der Waals surface area contributed by atoms with E-state index in [9.17, 15) is 8.42 Å². The molecular formula is C19H21N3O3S. The molecule has 1 heterocycles. The van der Waals surface area contributed by atoms with E-state index < -0.39 is 10.0 Å². The average molecular weight is 371 g/mol. The number of aromatic nitrogens is 1. The van der Waals surface area contributed by atoms with Gasteiger partial charge in [-0.1, -0.05) is 6.07 Å². The number of hydrogen-bond donors (Lipinski definition) is 1. The van der Waals surface area contributed by atoms with E-state index in [4.69, 9.17) is 4.74 Å². The molecule has 0 radical (unpaired) electrons. The van der Waals surface area contributed by atoms with E-state index in [1.165, 1.54) is 0 Å². The van der Waals surface area contributed by atoms with Crippen LogP contribution in [0, 0.1) is 0 Å². The fourth-order valence-electron chi connectivity index (χ4n) is 2.68. The highest BCUT2D eigenvalue weighted by Crippen LogP contribution is 2.31. The van der Waals surface area contributed by atoms with E-state index in [0.29, 0.717) is 28.9 Å². The molecule has 0 aliphatic carbocycles. The Morgan fingerprint density at radius 3 is 2.65 bits per heavy atom. The first kappa shape index (κ1) is 18.0. The van der Waals surface area contributed by atoms with Gasteiger partial charge < -0.3 is 9.64 Å². The summed E-state index contributed by atoms with van der Waals surface area (Å²) in [5.41, 5.74) is 1.94. The van der Waals surface area contributed by atoms with Gasteiger partial charge in [0, 0.05) is 31.4 Å². The summed E-state index contributed by atoms with van der Waals surface area (Å²) >= 11 is 0. The summed E-state index contributed by atoms with van der Waals surface area (Å²) in [6.07, 6.45) is 1.62. The first-order chi connectivity index (χ1) is 12.4. The van der Waals surface area contributed by atoms with Crippen LogP contribution < -0.4 is 14.4 Å². The van der Waals surface area contributed by atoms with Crippen molar-refractivity contribution in [1.82, 2.24) is 4.98 Å². The first-order valence-corrected chi connectivity index (χ1v) is 9.71. The molecular weight excluding hydrogens is 350 g/mol. The molecule has 0 atom stereocenters. The average Bonchev–Trinajstić information content (AvgIpc) is 2.62. The number of hydrogen-bond acceptors (Lipinski definition) is 5. The Morgan fingerprint density at radius 1 is 1.12 bits per heavy atom. The number of nitrogens with one attached hydrogen (secondary N) is 1. The van der Waals surface area contributed by atoms with Crippen LogP contribution in [0.15, 0.2) is 59.6 Å². The molecule has 1 N–H and O–H groups in total. The molecule has 6 nitrogen and oxygen atoms in total. The van der Waals surface area contributed by atoms with Crippen LogP contribution in [0.3, 0.4) is 0 Å². The van der Waals surface area contributed by atoms with Crippen molar-refractivity contribution in [3.63, 3.8) is 0 Å². The van der Waals surface area contributed by atoms with Crippen molar-refractivity contribution in [3.05, 3.63) is 54.7 Å². The molecule has 0 fully saturated rings. The lowest BCUT2D eigenvalue weighted by molar-refractivity contribution is 0.343. The van der Waals surface area contributed by atoms with Crippen LogP contribution in [-0.4, -0.2) is 34.1 Å². The Hall–Kier alpha value is -2.80. The number of fused-ring (bicyclic) bond motifs is 1. The van der Waals surface area contributed by atoms with Crippen LogP contribution in [0.4, 0.5) is 11.4 Å². The summed E-state index contributed by atoms with van der Waals surface area (Å²) in [6, 6.07) is 13.9. The Labute approximate surface area is 153 Å². The van der Waals surface area contributed by atoms with Gasteiger partial charge in [0.05, 0.1) is 17.2 Å². The van der Waals surface area contributed by atoms with Gasteiger partial charge in [-0.15, -0.1) is 0 Å². The van der Waals surface area contributed by atoms with Crippen LogP contribution >= 0.6 is 0 Å². The lowest BCUT2D eigenvalue weighted by Crippen LogP contribution is -2.15. The van der Waals surface area contributed by atoms with E-state index in [0.717, 1.165) is 5.69 Å². The predicted molar refractivity (Wildman–Crippen MR) is 104 cm³/mol. The Morgan fingerprint density at radius 2 is 1.92 bits per heavy atom. The monoisotopic (exact) mass is 371 g/mol. The van der Waals surface area contributed by atoms with Crippen molar-refractivity contribution in [2.75, 3.05) is 30.3 Å². The molecule has 0 saturated carbocycles. The number of rotatable bonds is 6. The number of nitrogens with zero attached hydrogens (tertiary/aromatic N) is 2. The van der Waals surface area contributed by atoms with Crippen molar-refractivity contribution >= 4 is 32.3 Å². The smallest absolute Gasteiger partial charge is 0.262 e. The predicted octanol–water partition coefficient (Wildman–Crippen LogP) is 3.50. The van der Waals surface area contributed by atoms with Gasteiger partial charge in [-0.3, -0.25) is 9.71 Å². The molecule has 136 valence electrons. The highest BCUT2D eigenvalue weighted by Gasteiger charge is 2.20. The summed E-state index contributed by atoms with van der Waals surface area (Å²) in [5.74, 6) is 0.566. The molecule has 1 aromatic heterocycles. The number of sulfonamides is 1. The molecule has 2 aromatic carbocycles. The molecule has 0 bridgehead atoms. The maximum Gasteiger partial charge on any atom is 0.262 e. The highest BCUT2D eigenvalue weighted by molar-refractivity contribution is 7.93. The summed E-state index contributed by atoms with van der Waals surface area (Å²) in [5, 5.41) is 0.523. The quantitative estimate of drug-likeness (QED) is 0.718. The molecule has 7 heteroatoms. The highest BCUT2D eigenvalue weighted by atomic mass is 32.2. The third-order valence-corrected chi connectivity index (χ3v) is 5.34. The molecule has 26 heavy (non-hydrogen) atoms. The summed E-state index contributed by atoms with van der Waals surface area (Å²) in [4.78, 5) is 6.37. The van der Waals surface area contributed by atoms with E-state index in [2.05, 4.69) is 9.71 Å². The van der Waals surface area contributed by atoms with Crippen LogP contribution in [0.2, 0.25) is 0 Å². The molecule has 0 spiro atoms. The Bertz CT molecular complexity index is 1030. The standard InChI is InChI=1S/C19H21N3O3S/c1-4-25-17-10-11-18(16-9-6-12-20-19(16)17)26(23,24)21-14-7-5-8-15(13-14)22(2)3/h5-13,21H,4H2,1-3H3. The zero-order valence-electron chi connectivity index (χ0n) is 14.9. The minimum absolute atomic E-state index is 0.166. The van der Waals surface area contributed by atoms with Gasteiger partial charge >= 0.3 is 0 Å². The maximum atomic E-state index is 13.0. The SMILES string of the molecule is CCOc1ccc(S(=O)(=O)Nc2cccc(N(C)C)c2)c2cccnc12. The van der Waals surface area contributed by atoms with Gasteiger partial charge in [-0.05, 0) is 49.4 Å². The fourth-order valence-corrected chi connectivity index (χ4v) is 3.93. The first-order valence-electron chi connectivity index (χ1n) is 8.23. The van der Waals surface area contributed by atoms with Gasteiger partial charge in [0.25, 0.3) is 10.0 Å². The topological polar surface area (TPSA) is 71.5 Å². The number of pyridine rings is 1. The zero-order chi connectivity index (χ0) is 18.7. The third kappa shape index (κ3) is 3.57. The molecule has 0 amide bonds. The van der Waals surface area contributed by atoms with Crippen molar-refractivity contribution in [2.24, 2.45) is 0 Å². The fraction of sp³-hybridized carbons (Fsp3) is 0.211. The van der Waals surface area contributed by atoms with E-state index in [-0.39, 0.29) is 4.90 Å². The molecule has 3 aromatic rings. The van der Waals surface area contributed by atoms with Crippen LogP contribution in [0.25, 0.3) is 10.9 Å². The van der Waals surface area contributed by atoms with Gasteiger partial charge in [-0.25, -0.2) is 8.42 Å². The number of benzene rings is 2. The Balaban J connectivity index is 2.05. The van der Waals surface area contributed by atoms with Crippen molar-refractivity contribution in [1.29, 1.82) is 0 Å². The van der Waals surface area contributed by atoms with Gasteiger partial charge in [0.15, 0.2) is 0 Å². The second-order valence-electron chi connectivity index (χ2n) is 5.94. The number of anilines is 2. The van der Waals surface area contributed by atoms with Gasteiger partial charge in [0.2, 0.25) is 0 Å². The zero-order valence-corrected chi connectivity index (χ0v) is 15.7. The van der Waals surface area contributed by atoms with E-state index in [1.54, 1.807) is 42.6 Å². The molecule has 3 rings (SSSR count). The molecule has 0 saturated heterocycles. The minimum atomic E-state index is -3.78. The summed E-state index contributed by atoms with van der Waals surface area (Å²) in [7, 11) is 0.0259. The van der Waals surface area contributed by atoms with Crippen molar-refractivity contribution in [2.45, 2.75) is 11.8 Å². The maximum absolute atomic E-state index is 13.0. The number of ether oxygens (including phenoxy) is 1. The second kappa shape index (κ2) is 7.21. The lowest BCUT2D eigenvalue weighted by Gasteiger charge is -2.15. The largest absolute Gasteiger partial charge is 0.492 e. The van der Waals surface area contributed by atoms with E-state index in [1.807, 2.05) is 38.1 Å². The van der Waals surface area contributed by atoms with Crippen LogP contribution in [0.5, 0.6) is 5.75 Å². The van der Waals surface area contributed by atoms with Gasteiger partial charge in [0.1, 0.15) is 11.3 Å². The Kier molecular flexibility index (Phi) is 4.99. The molecule has 0 unspecified atom stereocenters. The van der Waals surface area contributed by atoms with Crippen molar-refractivity contribution in [3.8, 4) is 5.75 Å². The summed E-state index contributed by atoms with van der Waals surface area (Å²) in [6.45, 7) is 2.35. The van der Waals surface area contributed by atoms with E-state index >= 15 is 0 Å². The normalized spacial score (nSPS) is 11.3. The summed E-state index contributed by atoms with van der Waals surface area (Å²) < 4.78 is 34.2. The minimum Gasteiger partial charge on any atom is -0.492 e. The van der Waals surface area contributed by atoms with Crippen LogP contribution in [0.1, 0.15) is 6.92 Å². The lowest BCUT2D eigenvalue weighted by atomic mass is 10.2. The second-order valence-corrected chi connectivity index (χ2v) is 7.60. The molecule has 0 aliphatic rings. The van der Waals surface area contributed by atoms with Crippen molar-refractivity contribution < 1.29 is 13.2 Å². The molecule has 0 aliphatic heterocycles. The van der Waals surface area contributed by atoms with Gasteiger partial charge in [-0.2, -0.15) is 0 Å². The van der Waals surface area contributed by atoms with Crippen LogP contribution in [-0.2, 0) is 10.0 Å².